The Bertz CT molecular complexity index is 1570. The molecule has 5 aliphatic carbocycles. The van der Waals surface area contributed by atoms with Gasteiger partial charge < -0.3 is 10.0 Å². The molecule has 1 aromatic carbocycles. The van der Waals surface area contributed by atoms with Gasteiger partial charge in [0.15, 0.2) is 5.78 Å². The Hall–Kier alpha value is -2.69. The molecule has 260 valence electrons. The zero-order valence-electron chi connectivity index (χ0n) is 30.7. The lowest BCUT2D eigenvalue weighted by molar-refractivity contribution is -0.226. The van der Waals surface area contributed by atoms with Crippen molar-refractivity contribution in [1.82, 2.24) is 4.90 Å². The van der Waals surface area contributed by atoms with E-state index in [1.807, 2.05) is 17.0 Å². The number of fused-ring (bicyclic) bond motifs is 7. The Labute approximate surface area is 289 Å². The van der Waals surface area contributed by atoms with Crippen LogP contribution in [0, 0.1) is 56.7 Å². The molecule has 1 saturated heterocycles. The van der Waals surface area contributed by atoms with Gasteiger partial charge in [-0.25, -0.2) is 4.79 Å². The summed E-state index contributed by atoms with van der Waals surface area (Å²) >= 11 is 0. The van der Waals surface area contributed by atoms with Gasteiger partial charge in [0.05, 0.1) is 17.0 Å². The summed E-state index contributed by atoms with van der Waals surface area (Å²) in [5.41, 5.74) is 4.21. The van der Waals surface area contributed by atoms with Crippen LogP contribution in [0.15, 0.2) is 42.5 Å². The molecule has 48 heavy (non-hydrogen) atoms. The quantitative estimate of drug-likeness (QED) is 0.321. The van der Waals surface area contributed by atoms with Gasteiger partial charge in [0.25, 0.3) is 0 Å². The fraction of sp³-hybridized carbons (Fsp3) is 0.698. The molecule has 1 aromatic rings. The van der Waals surface area contributed by atoms with Crippen molar-refractivity contribution in [2.75, 3.05) is 6.54 Å². The van der Waals surface area contributed by atoms with Crippen molar-refractivity contribution in [3.8, 4) is 0 Å². The number of nitrogens with zero attached hydrogens (tertiary/aromatic N) is 1. The molecule has 0 radical (unpaired) electrons. The lowest BCUT2D eigenvalue weighted by Crippen LogP contribution is -2.66. The van der Waals surface area contributed by atoms with Crippen molar-refractivity contribution in [1.29, 1.82) is 0 Å². The van der Waals surface area contributed by atoms with Gasteiger partial charge in [0.2, 0.25) is 5.91 Å². The monoisotopic (exact) mass is 653 g/mol. The highest BCUT2D eigenvalue weighted by Gasteiger charge is 2.72. The second-order valence-electron chi connectivity index (χ2n) is 18.5. The number of likely N-dealkylation sites (tertiary alicyclic amines) is 1. The predicted molar refractivity (Wildman–Crippen MR) is 191 cm³/mol. The molecule has 6 aliphatic rings. The molecule has 5 fully saturated rings. The maximum absolute atomic E-state index is 14.8. The first-order valence-corrected chi connectivity index (χ1v) is 19.0. The van der Waals surface area contributed by atoms with E-state index in [2.05, 4.69) is 54.2 Å². The number of carboxylic acids is 1. The number of carbonyl (C=O) groups excluding carboxylic acids is 2. The summed E-state index contributed by atoms with van der Waals surface area (Å²) in [6.45, 7) is 21.9. The number of benzene rings is 1. The number of carbonyl (C=O) groups is 3. The van der Waals surface area contributed by atoms with E-state index < -0.39 is 5.97 Å². The zero-order valence-corrected chi connectivity index (χ0v) is 30.7. The van der Waals surface area contributed by atoms with E-state index in [-0.39, 0.29) is 38.9 Å². The van der Waals surface area contributed by atoms with E-state index in [9.17, 15) is 19.5 Å². The van der Waals surface area contributed by atoms with Gasteiger partial charge in [0.1, 0.15) is 0 Å². The molecule has 7 rings (SSSR count). The molecule has 0 bridgehead atoms. The molecular formula is C43H59NO4. The fourth-order valence-electron chi connectivity index (χ4n) is 14.1. The minimum absolute atomic E-state index is 0.0234. The van der Waals surface area contributed by atoms with Crippen LogP contribution in [0.1, 0.15) is 135 Å². The average molecular weight is 654 g/mol. The number of aromatic carboxylic acids is 1. The standard InChI is InChI=1S/C43H59NO4/c1-26(2)30-17-22-43(38(48)44-25-9-10-33(44)27(3)45)24-23-41(7)32(36(30)43)15-16-35-40(6)20-18-31(28-11-13-29(14-12-28)37(46)47)39(4,5)34(40)19-21-42(35,41)8/h11-14,18,30,32-36H,1,9-10,15-17,19-25H2,2-8H3,(H,46,47)/t30-,32+,33?,34-,35+,36+,40-,41+,42+,43-/m0/s1. The number of allylic oxidation sites excluding steroid dienone is 3. The van der Waals surface area contributed by atoms with Gasteiger partial charge in [-0.15, -0.1) is 0 Å². The highest BCUT2D eigenvalue weighted by Crippen LogP contribution is 2.78. The summed E-state index contributed by atoms with van der Waals surface area (Å²) in [6.07, 6.45) is 14.1. The molecule has 10 atom stereocenters. The van der Waals surface area contributed by atoms with Crippen molar-refractivity contribution in [3.05, 3.63) is 53.6 Å². The highest BCUT2D eigenvalue weighted by molar-refractivity contribution is 5.91. The minimum atomic E-state index is -0.880. The van der Waals surface area contributed by atoms with E-state index >= 15 is 0 Å². The number of hydrogen-bond donors (Lipinski definition) is 1. The summed E-state index contributed by atoms with van der Waals surface area (Å²) in [7, 11) is 0. The van der Waals surface area contributed by atoms with Crippen LogP contribution >= 0.6 is 0 Å². The van der Waals surface area contributed by atoms with Crippen molar-refractivity contribution < 1.29 is 19.5 Å². The van der Waals surface area contributed by atoms with Crippen LogP contribution in [0.25, 0.3) is 5.57 Å². The van der Waals surface area contributed by atoms with Crippen molar-refractivity contribution in [2.24, 2.45) is 56.7 Å². The first-order chi connectivity index (χ1) is 22.5. The molecule has 0 spiro atoms. The highest BCUT2D eigenvalue weighted by atomic mass is 16.4. The van der Waals surface area contributed by atoms with E-state index in [0.29, 0.717) is 41.1 Å². The molecule has 5 heteroatoms. The van der Waals surface area contributed by atoms with Gasteiger partial charge in [-0.3, -0.25) is 9.59 Å². The van der Waals surface area contributed by atoms with Gasteiger partial charge in [-0.05, 0) is 159 Å². The topological polar surface area (TPSA) is 74.7 Å². The minimum Gasteiger partial charge on any atom is -0.478 e. The molecule has 1 N–H and O–H groups in total. The van der Waals surface area contributed by atoms with Crippen LogP contribution < -0.4 is 0 Å². The van der Waals surface area contributed by atoms with Crippen LogP contribution in [-0.2, 0) is 9.59 Å². The first kappa shape index (κ1) is 33.8. The van der Waals surface area contributed by atoms with Crippen LogP contribution in [0.2, 0.25) is 0 Å². The van der Waals surface area contributed by atoms with Crippen molar-refractivity contribution in [3.63, 3.8) is 0 Å². The number of Topliss-reactive ketones (excluding diaryl/α,β-unsaturated/α-hetero) is 1. The molecule has 1 heterocycles. The normalized spacial score (nSPS) is 42.9. The number of rotatable bonds is 5. The number of ketones is 1. The van der Waals surface area contributed by atoms with E-state index in [0.717, 1.165) is 57.1 Å². The predicted octanol–water partition coefficient (Wildman–Crippen LogP) is 9.62. The Morgan fingerprint density at radius 3 is 2.19 bits per heavy atom. The summed E-state index contributed by atoms with van der Waals surface area (Å²) in [5, 5.41) is 9.48. The molecule has 4 saturated carbocycles. The largest absolute Gasteiger partial charge is 0.478 e. The SMILES string of the molecule is C=C(C)[C@@H]1CC[C@]2(C(=O)N3CCCC3C(C)=O)CC[C@]3(C)[C@H](CC[C@@H]4[C@@]5(C)CC=C(c6ccc(C(=O)O)cc6)C(C)(C)[C@@H]5CC[C@]43C)[C@@H]12. The number of carboxylic acid groups (broad SMARTS) is 1. The molecule has 1 amide bonds. The van der Waals surface area contributed by atoms with Gasteiger partial charge in [-0.2, -0.15) is 0 Å². The van der Waals surface area contributed by atoms with E-state index in [1.165, 1.54) is 36.8 Å². The maximum Gasteiger partial charge on any atom is 0.335 e. The maximum atomic E-state index is 14.8. The zero-order chi connectivity index (χ0) is 34.6. The Morgan fingerprint density at radius 2 is 1.54 bits per heavy atom. The average Bonchev–Trinajstić information content (AvgIpc) is 3.68. The summed E-state index contributed by atoms with van der Waals surface area (Å²) in [5.74, 6) is 1.86. The summed E-state index contributed by atoms with van der Waals surface area (Å²) < 4.78 is 0. The second-order valence-corrected chi connectivity index (χ2v) is 18.5. The van der Waals surface area contributed by atoms with Gasteiger partial charge >= 0.3 is 5.97 Å². The fourth-order valence-corrected chi connectivity index (χ4v) is 14.1. The molecule has 1 aliphatic heterocycles. The number of amides is 1. The van der Waals surface area contributed by atoms with Crippen LogP contribution in [0.4, 0.5) is 0 Å². The number of hydrogen-bond acceptors (Lipinski definition) is 3. The lowest BCUT2D eigenvalue weighted by Gasteiger charge is -2.72. The van der Waals surface area contributed by atoms with E-state index in [1.54, 1.807) is 19.1 Å². The van der Waals surface area contributed by atoms with E-state index in [4.69, 9.17) is 0 Å². The summed E-state index contributed by atoms with van der Waals surface area (Å²) in [6, 6.07) is 7.28. The second kappa shape index (κ2) is 11.2. The van der Waals surface area contributed by atoms with Gasteiger partial charge in [0, 0.05) is 6.54 Å². The third-order valence-corrected chi connectivity index (χ3v) is 16.5. The smallest absolute Gasteiger partial charge is 0.335 e. The lowest BCUT2D eigenvalue weighted by atomic mass is 9.32. The Morgan fingerprint density at radius 1 is 0.833 bits per heavy atom. The van der Waals surface area contributed by atoms with Crippen LogP contribution in [-0.4, -0.2) is 40.3 Å². The first-order valence-electron chi connectivity index (χ1n) is 19.0. The van der Waals surface area contributed by atoms with Gasteiger partial charge in [-0.1, -0.05) is 65.0 Å². The molecular weight excluding hydrogens is 594 g/mol. The molecule has 0 aromatic heterocycles. The Balaban J connectivity index is 1.23. The third kappa shape index (κ3) is 4.43. The molecule has 1 unspecified atom stereocenters. The van der Waals surface area contributed by atoms with Crippen molar-refractivity contribution in [2.45, 2.75) is 125 Å². The Kier molecular flexibility index (Phi) is 7.85. The summed E-state index contributed by atoms with van der Waals surface area (Å²) in [4.78, 5) is 41.1. The van der Waals surface area contributed by atoms with Crippen LogP contribution in [0.3, 0.4) is 0 Å². The molecule has 5 nitrogen and oxygen atoms in total. The van der Waals surface area contributed by atoms with Crippen molar-refractivity contribution >= 4 is 23.2 Å². The van der Waals surface area contributed by atoms with Crippen LogP contribution in [0.5, 0.6) is 0 Å². The third-order valence-electron chi connectivity index (χ3n) is 16.5.